The lowest BCUT2D eigenvalue weighted by molar-refractivity contribution is -0.145. The maximum atomic E-state index is 13.8. The first-order chi connectivity index (χ1) is 28.8. The van der Waals surface area contributed by atoms with Crippen molar-refractivity contribution in [3.8, 4) is 17.2 Å². The third-order valence-electron chi connectivity index (χ3n) is 11.5. The summed E-state index contributed by atoms with van der Waals surface area (Å²) in [6.07, 6.45) is 16.9. The molecule has 0 saturated heterocycles. The van der Waals surface area contributed by atoms with E-state index in [-0.39, 0.29) is 37.0 Å². The van der Waals surface area contributed by atoms with E-state index in [4.69, 9.17) is 29.0 Å². The molecule has 1 aromatic heterocycles. The van der Waals surface area contributed by atoms with E-state index < -0.39 is 5.97 Å². The Morgan fingerprint density at radius 1 is 0.814 bits per heavy atom. The van der Waals surface area contributed by atoms with E-state index in [0.717, 1.165) is 71.6 Å². The van der Waals surface area contributed by atoms with Crippen LogP contribution in [0.15, 0.2) is 84.5 Å². The van der Waals surface area contributed by atoms with Gasteiger partial charge in [-0.15, -0.1) is 0 Å². The van der Waals surface area contributed by atoms with Crippen molar-refractivity contribution in [1.29, 1.82) is 0 Å². The number of anilines is 1. The smallest absolute Gasteiger partial charge is 0.330 e. The quantitative estimate of drug-likeness (QED) is 0.0214. The third kappa shape index (κ3) is 12.7. The number of hydrogen-bond donors (Lipinski definition) is 0. The van der Waals surface area contributed by atoms with E-state index in [1.54, 1.807) is 35.6 Å². The number of fused-ring (bicyclic) bond motifs is 1. The highest BCUT2D eigenvalue weighted by atomic mass is 32.1. The number of carbonyl (C=O) groups excluding carboxylic acids is 3. The minimum Gasteiger partial charge on any atom is -0.490 e. The summed E-state index contributed by atoms with van der Waals surface area (Å²) in [4.78, 5) is 43.0. The molecule has 10 nitrogen and oxygen atoms in total. The van der Waals surface area contributed by atoms with Crippen molar-refractivity contribution >= 4 is 50.8 Å². The summed E-state index contributed by atoms with van der Waals surface area (Å²) >= 11 is 1.64. The van der Waals surface area contributed by atoms with E-state index in [9.17, 15) is 14.4 Å². The van der Waals surface area contributed by atoms with Gasteiger partial charge in [0.05, 0.1) is 28.3 Å². The number of rotatable bonds is 20. The van der Waals surface area contributed by atoms with Crippen molar-refractivity contribution < 1.29 is 33.3 Å². The van der Waals surface area contributed by atoms with Crippen LogP contribution in [0.4, 0.5) is 5.13 Å². The molecule has 2 fully saturated rings. The van der Waals surface area contributed by atoms with Gasteiger partial charge in [0.1, 0.15) is 30.5 Å². The Balaban J connectivity index is 1.10. The second-order valence-corrected chi connectivity index (χ2v) is 16.8. The fourth-order valence-corrected chi connectivity index (χ4v) is 9.07. The van der Waals surface area contributed by atoms with Crippen LogP contribution in [0.25, 0.3) is 10.2 Å². The van der Waals surface area contributed by atoms with Crippen LogP contribution in [0.5, 0.6) is 17.2 Å². The third-order valence-corrected chi connectivity index (χ3v) is 12.6. The van der Waals surface area contributed by atoms with Crippen molar-refractivity contribution in [3.63, 3.8) is 0 Å². The zero-order valence-corrected chi connectivity index (χ0v) is 35.5. The van der Waals surface area contributed by atoms with Gasteiger partial charge in [0.25, 0.3) is 0 Å². The van der Waals surface area contributed by atoms with Crippen LogP contribution >= 0.6 is 11.3 Å². The number of aromatic nitrogens is 1. The molecule has 0 atom stereocenters. The van der Waals surface area contributed by atoms with Crippen LogP contribution in [0, 0.1) is 17.8 Å². The molecule has 3 aromatic carbocycles. The van der Waals surface area contributed by atoms with Crippen molar-refractivity contribution in [2.75, 3.05) is 24.8 Å². The average Bonchev–Trinajstić information content (AvgIpc) is 3.70. The average molecular weight is 822 g/mol. The summed E-state index contributed by atoms with van der Waals surface area (Å²) in [5, 5.41) is 7.90. The van der Waals surface area contributed by atoms with Gasteiger partial charge in [0.15, 0.2) is 0 Å². The Labute approximate surface area is 353 Å². The maximum absolute atomic E-state index is 13.8. The topological polar surface area (TPSA) is 117 Å². The fraction of sp³-hybridized carbons (Fsp3) is 0.479. The van der Waals surface area contributed by atoms with Gasteiger partial charge in [-0.3, -0.25) is 9.59 Å². The Morgan fingerprint density at radius 2 is 1.53 bits per heavy atom. The van der Waals surface area contributed by atoms with Crippen molar-refractivity contribution in [1.82, 2.24) is 4.98 Å². The SMILES string of the molecule is C=CC(=O)OCCOc1ccc(OC(=O)C2CCC(C(=O)Oc3ccc(C4CCC(CCC)CC4)cc3/C=N/N(CCCCCC)c3nc4ccccc4s3)CC2)cc1. The zero-order chi connectivity index (χ0) is 41.4. The first-order valence-electron chi connectivity index (χ1n) is 21.6. The molecule has 2 aliphatic carbocycles. The molecule has 1 heterocycles. The van der Waals surface area contributed by atoms with Crippen LogP contribution in [0.3, 0.4) is 0 Å². The number of benzene rings is 3. The molecule has 0 bridgehead atoms. The highest BCUT2D eigenvalue weighted by Crippen LogP contribution is 2.39. The number of thiazole rings is 1. The summed E-state index contributed by atoms with van der Waals surface area (Å²) in [5.41, 5.74) is 3.02. The predicted molar refractivity (Wildman–Crippen MR) is 235 cm³/mol. The van der Waals surface area contributed by atoms with Gasteiger partial charge in [-0.05, 0) is 124 Å². The lowest BCUT2D eigenvalue weighted by Crippen LogP contribution is -2.30. The molecule has 6 rings (SSSR count). The molecule has 0 aliphatic heterocycles. The number of esters is 3. The molecule has 0 radical (unpaired) electrons. The second kappa shape index (κ2) is 22.4. The van der Waals surface area contributed by atoms with E-state index in [1.807, 2.05) is 35.5 Å². The minimum absolute atomic E-state index is 0.100. The van der Waals surface area contributed by atoms with Gasteiger partial charge in [0, 0.05) is 18.2 Å². The molecule has 0 spiro atoms. The summed E-state index contributed by atoms with van der Waals surface area (Å²) in [6, 6.07) is 21.2. The summed E-state index contributed by atoms with van der Waals surface area (Å²) < 4.78 is 23.5. The zero-order valence-electron chi connectivity index (χ0n) is 34.7. The monoisotopic (exact) mass is 821 g/mol. The normalized spacial score (nSPS) is 19.3. The largest absolute Gasteiger partial charge is 0.490 e. The van der Waals surface area contributed by atoms with E-state index in [0.29, 0.717) is 48.8 Å². The van der Waals surface area contributed by atoms with E-state index in [1.165, 1.54) is 37.7 Å². The maximum Gasteiger partial charge on any atom is 0.330 e. The number of hydrogen-bond acceptors (Lipinski definition) is 11. The Morgan fingerprint density at radius 3 is 2.22 bits per heavy atom. The van der Waals surface area contributed by atoms with E-state index in [2.05, 4.69) is 38.6 Å². The molecular formula is C48H59N3O7S. The van der Waals surface area contributed by atoms with Crippen LogP contribution in [0.1, 0.15) is 121 Å². The van der Waals surface area contributed by atoms with Crippen LogP contribution in [-0.2, 0) is 19.1 Å². The number of hydrazone groups is 1. The minimum atomic E-state index is -0.506. The molecule has 314 valence electrons. The van der Waals surface area contributed by atoms with Gasteiger partial charge in [-0.2, -0.15) is 5.10 Å². The number of unbranched alkanes of at least 4 members (excludes halogenated alkanes) is 3. The summed E-state index contributed by atoms with van der Waals surface area (Å²) in [6.45, 7) is 8.88. The molecule has 59 heavy (non-hydrogen) atoms. The first-order valence-corrected chi connectivity index (χ1v) is 22.4. The molecule has 11 heteroatoms. The van der Waals surface area contributed by atoms with Crippen molar-refractivity contribution in [3.05, 3.63) is 90.5 Å². The molecule has 0 N–H and O–H groups in total. The molecule has 2 aliphatic rings. The number of carbonyl (C=O) groups is 3. The Hall–Kier alpha value is -5.03. The number of ether oxygens (including phenoxy) is 4. The van der Waals surface area contributed by atoms with Crippen LogP contribution in [-0.4, -0.2) is 48.9 Å². The van der Waals surface area contributed by atoms with Crippen LogP contribution < -0.4 is 19.2 Å². The van der Waals surface area contributed by atoms with Crippen molar-refractivity contribution in [2.24, 2.45) is 22.9 Å². The predicted octanol–water partition coefficient (Wildman–Crippen LogP) is 11.2. The van der Waals surface area contributed by atoms with Gasteiger partial charge in [0.2, 0.25) is 5.13 Å². The number of para-hydroxylation sites is 1. The molecule has 0 amide bonds. The van der Waals surface area contributed by atoms with Gasteiger partial charge < -0.3 is 18.9 Å². The molecule has 4 aromatic rings. The molecular weight excluding hydrogens is 763 g/mol. The molecule has 0 unspecified atom stereocenters. The number of nitrogens with zero attached hydrogens (tertiary/aromatic N) is 3. The van der Waals surface area contributed by atoms with Crippen LogP contribution in [0.2, 0.25) is 0 Å². The van der Waals surface area contributed by atoms with Gasteiger partial charge >= 0.3 is 17.9 Å². The summed E-state index contributed by atoms with van der Waals surface area (Å²) in [5.74, 6) is 1.02. The van der Waals surface area contributed by atoms with E-state index >= 15 is 0 Å². The van der Waals surface area contributed by atoms with Gasteiger partial charge in [-0.25, -0.2) is 14.8 Å². The lowest BCUT2D eigenvalue weighted by atomic mass is 9.77. The summed E-state index contributed by atoms with van der Waals surface area (Å²) in [7, 11) is 0. The highest BCUT2D eigenvalue weighted by molar-refractivity contribution is 7.22. The van der Waals surface area contributed by atoms with Gasteiger partial charge in [-0.1, -0.05) is 82.1 Å². The fourth-order valence-electron chi connectivity index (χ4n) is 8.12. The van der Waals surface area contributed by atoms with Crippen molar-refractivity contribution in [2.45, 2.75) is 110 Å². The molecule has 2 saturated carbocycles. The highest BCUT2D eigenvalue weighted by Gasteiger charge is 2.33. The first kappa shape index (κ1) is 43.5. The second-order valence-electron chi connectivity index (χ2n) is 15.8. The lowest BCUT2D eigenvalue weighted by Gasteiger charge is -2.29. The Kier molecular flexibility index (Phi) is 16.5. The standard InChI is InChI=1S/C48H59N3O7S/c1-4-7-8-11-29-51(48-50-42-13-9-10-14-44(42)59-48)49-33-39-32-38(35-17-15-34(12-5-2)16-18-35)23-28-43(39)58-47(54)37-21-19-36(20-22-37)46(53)57-41-26-24-40(25-27-41)55-30-31-56-45(52)6-3/h6,9-10,13-14,23-28,32-37H,3-5,7-8,11-12,15-22,29-31H2,1-2H3/b49-33+. The Bertz CT molecular complexity index is 1980.